The van der Waals surface area contributed by atoms with Crippen LogP contribution in [0.15, 0.2) is 47.4 Å². The van der Waals surface area contributed by atoms with Crippen LogP contribution in [0.3, 0.4) is 0 Å². The number of methoxy groups -OCH3 is 1. The van der Waals surface area contributed by atoms with Crippen LogP contribution < -0.4 is 14.2 Å². The first-order valence-corrected chi connectivity index (χ1v) is 9.59. The van der Waals surface area contributed by atoms with Crippen LogP contribution in [0.2, 0.25) is 0 Å². The average Bonchev–Trinajstić information content (AvgIpc) is 3.08. The van der Waals surface area contributed by atoms with E-state index < -0.39 is 15.8 Å². The van der Waals surface area contributed by atoms with Crippen LogP contribution in [-0.4, -0.2) is 21.6 Å². The Hall–Kier alpha value is -2.28. The quantitative estimate of drug-likeness (QED) is 0.842. The van der Waals surface area contributed by atoms with E-state index in [1.54, 1.807) is 18.2 Å². The predicted molar refractivity (Wildman–Crippen MR) is 93.1 cm³/mol. The van der Waals surface area contributed by atoms with Crippen molar-refractivity contribution in [3.05, 3.63) is 48.3 Å². The third kappa shape index (κ3) is 4.22. The van der Waals surface area contributed by atoms with Crippen LogP contribution in [0.25, 0.3) is 0 Å². The summed E-state index contributed by atoms with van der Waals surface area (Å²) in [4.78, 5) is -0.137. The van der Waals surface area contributed by atoms with E-state index in [1.807, 2.05) is 0 Å². The first kappa shape index (κ1) is 17.5. The minimum absolute atomic E-state index is 0.115. The Morgan fingerprint density at radius 3 is 2.52 bits per heavy atom. The zero-order valence-electron chi connectivity index (χ0n) is 13.9. The standard InChI is InChI=1S/C18H20FNO4S/c1-23-17-10-9-14(12-18(17)24-15-6-2-3-7-15)20-25(21,22)16-8-4-5-13(19)11-16/h4-5,8-12,15,20H,2-3,6-7H2,1H3. The van der Waals surface area contributed by atoms with Crippen molar-refractivity contribution in [1.82, 2.24) is 0 Å². The van der Waals surface area contributed by atoms with Crippen molar-refractivity contribution in [3.63, 3.8) is 0 Å². The number of sulfonamides is 1. The van der Waals surface area contributed by atoms with Crippen molar-refractivity contribution < 1.29 is 22.3 Å². The monoisotopic (exact) mass is 365 g/mol. The number of hydrogen-bond donors (Lipinski definition) is 1. The highest BCUT2D eigenvalue weighted by atomic mass is 32.2. The number of anilines is 1. The zero-order chi connectivity index (χ0) is 17.9. The molecule has 0 heterocycles. The molecule has 0 bridgehead atoms. The summed E-state index contributed by atoms with van der Waals surface area (Å²) in [5.41, 5.74) is 0.332. The van der Waals surface area contributed by atoms with Crippen molar-refractivity contribution in [1.29, 1.82) is 0 Å². The van der Waals surface area contributed by atoms with Gasteiger partial charge in [0.1, 0.15) is 5.82 Å². The molecular weight excluding hydrogens is 345 g/mol. The first-order chi connectivity index (χ1) is 12.0. The molecule has 1 fully saturated rings. The topological polar surface area (TPSA) is 64.6 Å². The van der Waals surface area contributed by atoms with E-state index in [4.69, 9.17) is 9.47 Å². The van der Waals surface area contributed by atoms with E-state index >= 15 is 0 Å². The fourth-order valence-electron chi connectivity index (χ4n) is 2.87. The van der Waals surface area contributed by atoms with E-state index in [0.29, 0.717) is 17.2 Å². The number of hydrogen-bond acceptors (Lipinski definition) is 4. The predicted octanol–water partition coefficient (Wildman–Crippen LogP) is 3.96. The van der Waals surface area contributed by atoms with Gasteiger partial charge in [-0.15, -0.1) is 0 Å². The summed E-state index contributed by atoms with van der Waals surface area (Å²) in [5, 5.41) is 0. The maximum atomic E-state index is 13.3. The Morgan fingerprint density at radius 1 is 1.08 bits per heavy atom. The summed E-state index contributed by atoms with van der Waals surface area (Å²) in [5.74, 6) is 0.428. The third-order valence-electron chi connectivity index (χ3n) is 4.12. The van der Waals surface area contributed by atoms with Gasteiger partial charge in [0.05, 0.1) is 23.8 Å². The Balaban J connectivity index is 1.84. The molecule has 7 heteroatoms. The van der Waals surface area contributed by atoms with E-state index in [2.05, 4.69) is 4.72 Å². The Bertz CT molecular complexity index is 848. The lowest BCUT2D eigenvalue weighted by Gasteiger charge is -2.17. The normalized spacial score (nSPS) is 15.1. The van der Waals surface area contributed by atoms with Gasteiger partial charge in [-0.25, -0.2) is 12.8 Å². The highest BCUT2D eigenvalue weighted by molar-refractivity contribution is 7.92. The maximum absolute atomic E-state index is 13.3. The summed E-state index contributed by atoms with van der Waals surface area (Å²) in [6, 6.07) is 9.68. The molecule has 1 aliphatic carbocycles. The molecule has 1 saturated carbocycles. The largest absolute Gasteiger partial charge is 0.493 e. The van der Waals surface area contributed by atoms with E-state index in [1.165, 1.54) is 25.3 Å². The number of nitrogens with one attached hydrogen (secondary N) is 1. The molecule has 1 N–H and O–H groups in total. The summed E-state index contributed by atoms with van der Waals surface area (Å²) in [7, 11) is -2.35. The van der Waals surface area contributed by atoms with Gasteiger partial charge < -0.3 is 9.47 Å². The van der Waals surface area contributed by atoms with Gasteiger partial charge in [-0.3, -0.25) is 4.72 Å². The second-order valence-electron chi connectivity index (χ2n) is 5.95. The number of benzene rings is 2. The molecule has 5 nitrogen and oxygen atoms in total. The van der Waals surface area contributed by atoms with Gasteiger partial charge in [-0.05, 0) is 56.0 Å². The van der Waals surface area contributed by atoms with Crippen LogP contribution in [-0.2, 0) is 10.0 Å². The number of ether oxygens (including phenoxy) is 2. The lowest BCUT2D eigenvalue weighted by Crippen LogP contribution is -2.14. The van der Waals surface area contributed by atoms with Crippen LogP contribution in [0.4, 0.5) is 10.1 Å². The fraction of sp³-hybridized carbons (Fsp3) is 0.333. The Kier molecular flexibility index (Phi) is 5.13. The minimum Gasteiger partial charge on any atom is -0.493 e. The lowest BCUT2D eigenvalue weighted by molar-refractivity contribution is 0.201. The van der Waals surface area contributed by atoms with E-state index in [-0.39, 0.29) is 11.0 Å². The Labute approximate surface area is 146 Å². The van der Waals surface area contributed by atoms with Gasteiger partial charge in [0.25, 0.3) is 10.0 Å². The summed E-state index contributed by atoms with van der Waals surface area (Å²) < 4.78 is 51.8. The van der Waals surface area contributed by atoms with Gasteiger partial charge in [0.15, 0.2) is 11.5 Å². The molecule has 0 saturated heterocycles. The Morgan fingerprint density at radius 2 is 1.84 bits per heavy atom. The van der Waals surface area contributed by atoms with Gasteiger partial charge in [-0.1, -0.05) is 6.07 Å². The molecule has 0 radical (unpaired) electrons. The third-order valence-corrected chi connectivity index (χ3v) is 5.50. The smallest absolute Gasteiger partial charge is 0.261 e. The fourth-order valence-corrected chi connectivity index (χ4v) is 3.95. The van der Waals surface area contributed by atoms with Crippen LogP contribution in [0.1, 0.15) is 25.7 Å². The molecule has 1 aliphatic rings. The molecule has 0 amide bonds. The molecule has 0 aliphatic heterocycles. The summed E-state index contributed by atoms with van der Waals surface area (Å²) in [6.45, 7) is 0. The molecule has 0 spiro atoms. The molecule has 134 valence electrons. The van der Waals surface area contributed by atoms with Crippen LogP contribution >= 0.6 is 0 Å². The van der Waals surface area contributed by atoms with Crippen LogP contribution in [0, 0.1) is 5.82 Å². The van der Waals surface area contributed by atoms with Crippen molar-refractivity contribution in [2.45, 2.75) is 36.7 Å². The molecular formula is C18H20FNO4S. The van der Waals surface area contributed by atoms with Crippen molar-refractivity contribution in [3.8, 4) is 11.5 Å². The molecule has 0 unspecified atom stereocenters. The molecule has 3 rings (SSSR count). The van der Waals surface area contributed by atoms with Gasteiger partial charge in [0.2, 0.25) is 0 Å². The molecule has 2 aromatic carbocycles. The highest BCUT2D eigenvalue weighted by Crippen LogP contribution is 2.34. The zero-order valence-corrected chi connectivity index (χ0v) is 14.7. The lowest BCUT2D eigenvalue weighted by atomic mass is 10.2. The first-order valence-electron chi connectivity index (χ1n) is 8.11. The second kappa shape index (κ2) is 7.31. The molecule has 25 heavy (non-hydrogen) atoms. The minimum atomic E-state index is -3.89. The van der Waals surface area contributed by atoms with E-state index in [0.717, 1.165) is 31.7 Å². The second-order valence-corrected chi connectivity index (χ2v) is 7.64. The highest BCUT2D eigenvalue weighted by Gasteiger charge is 2.20. The SMILES string of the molecule is COc1ccc(NS(=O)(=O)c2cccc(F)c2)cc1OC1CCCC1. The summed E-state index contributed by atoms with van der Waals surface area (Å²) in [6.07, 6.45) is 4.31. The van der Waals surface area contributed by atoms with E-state index in [9.17, 15) is 12.8 Å². The van der Waals surface area contributed by atoms with Crippen LogP contribution in [0.5, 0.6) is 11.5 Å². The molecule has 0 atom stereocenters. The average molecular weight is 365 g/mol. The van der Waals surface area contributed by atoms with Gasteiger partial charge >= 0.3 is 0 Å². The van der Waals surface area contributed by atoms with Crippen molar-refractivity contribution >= 4 is 15.7 Å². The molecule has 2 aromatic rings. The van der Waals surface area contributed by atoms with Gasteiger partial charge in [0, 0.05) is 6.07 Å². The van der Waals surface area contributed by atoms with Gasteiger partial charge in [-0.2, -0.15) is 0 Å². The maximum Gasteiger partial charge on any atom is 0.261 e. The summed E-state index contributed by atoms with van der Waals surface area (Å²) >= 11 is 0. The number of halogens is 1. The van der Waals surface area contributed by atoms with Crippen molar-refractivity contribution in [2.24, 2.45) is 0 Å². The number of rotatable bonds is 6. The molecule has 0 aromatic heterocycles. The van der Waals surface area contributed by atoms with Crippen molar-refractivity contribution in [2.75, 3.05) is 11.8 Å².